The van der Waals surface area contributed by atoms with E-state index in [2.05, 4.69) is 32.2 Å². The second-order valence-corrected chi connectivity index (χ2v) is 5.75. The standard InChI is InChI=1S/C16H24N2O/c1-4-12(3)18-16(15(17)19)10-9-11(2)13-7-5-6-8-14(13)16/h5-8,11-12,18H,4,9-10H2,1-3H3,(H2,17,19). The summed E-state index contributed by atoms with van der Waals surface area (Å²) in [5.41, 5.74) is 7.39. The number of rotatable bonds is 4. The van der Waals surface area contributed by atoms with Crippen LogP contribution in [-0.2, 0) is 10.3 Å². The van der Waals surface area contributed by atoms with Crippen molar-refractivity contribution >= 4 is 5.91 Å². The Morgan fingerprint density at radius 3 is 2.84 bits per heavy atom. The number of primary amides is 1. The molecule has 0 saturated heterocycles. The fourth-order valence-electron chi connectivity index (χ4n) is 3.04. The van der Waals surface area contributed by atoms with Gasteiger partial charge in [-0.25, -0.2) is 0 Å². The highest BCUT2D eigenvalue weighted by molar-refractivity contribution is 5.87. The van der Waals surface area contributed by atoms with Crippen molar-refractivity contribution in [2.24, 2.45) is 5.73 Å². The maximum absolute atomic E-state index is 12.2. The molecule has 3 unspecified atom stereocenters. The van der Waals surface area contributed by atoms with Crippen LogP contribution in [0, 0.1) is 0 Å². The summed E-state index contributed by atoms with van der Waals surface area (Å²) in [7, 11) is 0. The highest BCUT2D eigenvalue weighted by atomic mass is 16.1. The lowest BCUT2D eigenvalue weighted by atomic mass is 9.71. The van der Waals surface area contributed by atoms with Gasteiger partial charge in [0.2, 0.25) is 5.91 Å². The second kappa shape index (κ2) is 5.33. The lowest BCUT2D eigenvalue weighted by molar-refractivity contribution is -0.126. The van der Waals surface area contributed by atoms with E-state index < -0.39 is 5.54 Å². The zero-order chi connectivity index (χ0) is 14.0. The van der Waals surface area contributed by atoms with Gasteiger partial charge in [0.15, 0.2) is 0 Å². The first-order valence-electron chi connectivity index (χ1n) is 7.18. The lowest BCUT2D eigenvalue weighted by Gasteiger charge is -2.41. The summed E-state index contributed by atoms with van der Waals surface area (Å²) >= 11 is 0. The Kier molecular flexibility index (Phi) is 3.95. The van der Waals surface area contributed by atoms with Crippen molar-refractivity contribution in [2.75, 3.05) is 0 Å². The van der Waals surface area contributed by atoms with E-state index in [0.717, 1.165) is 24.8 Å². The van der Waals surface area contributed by atoms with Crippen LogP contribution in [0.25, 0.3) is 0 Å². The summed E-state index contributed by atoms with van der Waals surface area (Å²) in [5.74, 6) is 0.231. The largest absolute Gasteiger partial charge is 0.368 e. The van der Waals surface area contributed by atoms with Crippen LogP contribution in [0.2, 0.25) is 0 Å². The molecule has 3 nitrogen and oxygen atoms in total. The van der Waals surface area contributed by atoms with E-state index in [1.165, 1.54) is 5.56 Å². The molecule has 19 heavy (non-hydrogen) atoms. The molecule has 3 atom stereocenters. The van der Waals surface area contributed by atoms with Gasteiger partial charge in [0.1, 0.15) is 5.54 Å². The van der Waals surface area contributed by atoms with E-state index in [1.807, 2.05) is 18.2 Å². The van der Waals surface area contributed by atoms with Crippen LogP contribution < -0.4 is 11.1 Å². The summed E-state index contributed by atoms with van der Waals surface area (Å²) in [6, 6.07) is 8.47. The average molecular weight is 260 g/mol. The molecule has 1 amide bonds. The number of fused-ring (bicyclic) bond motifs is 1. The second-order valence-electron chi connectivity index (χ2n) is 5.75. The van der Waals surface area contributed by atoms with Gasteiger partial charge in [-0.2, -0.15) is 0 Å². The van der Waals surface area contributed by atoms with E-state index in [4.69, 9.17) is 5.73 Å². The fourth-order valence-corrected chi connectivity index (χ4v) is 3.04. The molecule has 104 valence electrons. The molecular weight excluding hydrogens is 236 g/mol. The zero-order valence-electron chi connectivity index (χ0n) is 12.1. The molecule has 1 aliphatic rings. The van der Waals surface area contributed by atoms with Gasteiger partial charge >= 0.3 is 0 Å². The number of carbonyl (C=O) groups is 1. The Labute approximate surface area is 115 Å². The molecule has 0 spiro atoms. The lowest BCUT2D eigenvalue weighted by Crippen LogP contribution is -2.57. The van der Waals surface area contributed by atoms with Gasteiger partial charge < -0.3 is 5.73 Å². The van der Waals surface area contributed by atoms with Gasteiger partial charge in [-0.1, -0.05) is 38.1 Å². The normalized spacial score (nSPS) is 27.6. The van der Waals surface area contributed by atoms with E-state index in [1.54, 1.807) is 0 Å². The fraction of sp³-hybridized carbons (Fsp3) is 0.562. The third kappa shape index (κ3) is 2.39. The van der Waals surface area contributed by atoms with Crippen LogP contribution in [0.4, 0.5) is 0 Å². The highest BCUT2D eigenvalue weighted by Gasteiger charge is 2.43. The number of nitrogens with one attached hydrogen (secondary N) is 1. The average Bonchev–Trinajstić information content (AvgIpc) is 2.42. The van der Waals surface area contributed by atoms with Gasteiger partial charge in [-0.15, -0.1) is 0 Å². The summed E-state index contributed by atoms with van der Waals surface area (Å²) in [6.07, 6.45) is 2.75. The predicted octanol–water partition coefficient (Wildman–Crippen LogP) is 2.65. The molecule has 1 aliphatic carbocycles. The van der Waals surface area contributed by atoms with E-state index in [9.17, 15) is 4.79 Å². The Bertz CT molecular complexity index is 472. The summed E-state index contributed by atoms with van der Waals surface area (Å²) in [4.78, 5) is 12.2. The van der Waals surface area contributed by atoms with Crippen LogP contribution in [-0.4, -0.2) is 11.9 Å². The topological polar surface area (TPSA) is 55.1 Å². The van der Waals surface area contributed by atoms with Crippen LogP contribution in [0.1, 0.15) is 57.1 Å². The monoisotopic (exact) mass is 260 g/mol. The molecule has 3 heteroatoms. The van der Waals surface area contributed by atoms with E-state index >= 15 is 0 Å². The van der Waals surface area contributed by atoms with E-state index in [-0.39, 0.29) is 11.9 Å². The summed E-state index contributed by atoms with van der Waals surface area (Å²) in [6.45, 7) is 6.43. The van der Waals surface area contributed by atoms with Crippen LogP contribution in [0.15, 0.2) is 24.3 Å². The van der Waals surface area contributed by atoms with Crippen molar-refractivity contribution in [3.05, 3.63) is 35.4 Å². The minimum Gasteiger partial charge on any atom is -0.368 e. The molecule has 0 fully saturated rings. The third-order valence-electron chi connectivity index (χ3n) is 4.43. The molecule has 0 radical (unpaired) electrons. The quantitative estimate of drug-likeness (QED) is 0.874. The van der Waals surface area contributed by atoms with Crippen LogP contribution >= 0.6 is 0 Å². The zero-order valence-corrected chi connectivity index (χ0v) is 12.1. The Hall–Kier alpha value is -1.35. The molecule has 0 aromatic heterocycles. The first-order valence-corrected chi connectivity index (χ1v) is 7.18. The molecule has 0 heterocycles. The minimum absolute atomic E-state index is 0.257. The van der Waals surface area contributed by atoms with Gasteiger partial charge in [0.05, 0.1) is 0 Å². The number of nitrogens with two attached hydrogens (primary N) is 1. The smallest absolute Gasteiger partial charge is 0.242 e. The Morgan fingerprint density at radius 1 is 1.53 bits per heavy atom. The molecule has 3 N–H and O–H groups in total. The number of hydrogen-bond acceptors (Lipinski definition) is 2. The van der Waals surface area contributed by atoms with Gasteiger partial charge in [-0.05, 0) is 43.2 Å². The van der Waals surface area contributed by atoms with Crippen molar-refractivity contribution < 1.29 is 4.79 Å². The van der Waals surface area contributed by atoms with Crippen LogP contribution in [0.5, 0.6) is 0 Å². The molecule has 1 aromatic rings. The molecular formula is C16H24N2O. The van der Waals surface area contributed by atoms with Gasteiger partial charge in [0.25, 0.3) is 0 Å². The predicted molar refractivity (Wildman–Crippen MR) is 77.9 cm³/mol. The molecule has 0 aliphatic heterocycles. The maximum atomic E-state index is 12.2. The first-order chi connectivity index (χ1) is 9.01. The van der Waals surface area contributed by atoms with Crippen molar-refractivity contribution in [1.82, 2.24) is 5.32 Å². The van der Waals surface area contributed by atoms with Gasteiger partial charge in [0, 0.05) is 6.04 Å². The van der Waals surface area contributed by atoms with Crippen molar-refractivity contribution in [1.29, 1.82) is 0 Å². The molecule has 1 aromatic carbocycles. The van der Waals surface area contributed by atoms with Gasteiger partial charge in [-0.3, -0.25) is 10.1 Å². The summed E-state index contributed by atoms with van der Waals surface area (Å²) in [5, 5.41) is 3.48. The number of hydrogen-bond donors (Lipinski definition) is 2. The summed E-state index contributed by atoms with van der Waals surface area (Å²) < 4.78 is 0. The number of carbonyl (C=O) groups excluding carboxylic acids is 1. The minimum atomic E-state index is -0.696. The number of amides is 1. The van der Waals surface area contributed by atoms with Crippen molar-refractivity contribution in [3.63, 3.8) is 0 Å². The Balaban J connectivity index is 2.51. The van der Waals surface area contributed by atoms with Crippen LogP contribution in [0.3, 0.4) is 0 Å². The highest BCUT2D eigenvalue weighted by Crippen LogP contribution is 2.41. The molecule has 2 rings (SSSR count). The maximum Gasteiger partial charge on any atom is 0.242 e. The number of benzene rings is 1. The third-order valence-corrected chi connectivity index (χ3v) is 4.43. The van der Waals surface area contributed by atoms with E-state index in [0.29, 0.717) is 5.92 Å². The SMILES string of the molecule is CCC(C)NC1(C(N)=O)CCC(C)c2ccccc21. The van der Waals surface area contributed by atoms with Crippen molar-refractivity contribution in [2.45, 2.75) is 57.5 Å². The Morgan fingerprint density at radius 2 is 2.21 bits per heavy atom. The first kappa shape index (κ1) is 14.1. The molecule has 0 saturated carbocycles. The molecule has 0 bridgehead atoms. The van der Waals surface area contributed by atoms with Crippen molar-refractivity contribution in [3.8, 4) is 0 Å².